The van der Waals surface area contributed by atoms with Crippen LogP contribution >= 0.6 is 31.9 Å². The van der Waals surface area contributed by atoms with Gasteiger partial charge in [0.15, 0.2) is 5.69 Å². The first-order chi connectivity index (χ1) is 23.3. The molecule has 0 saturated carbocycles. The van der Waals surface area contributed by atoms with E-state index in [0.29, 0.717) is 42.3 Å². The second-order valence-corrected chi connectivity index (χ2v) is 13.7. The molecule has 0 bridgehead atoms. The van der Waals surface area contributed by atoms with E-state index < -0.39 is 0 Å². The molecule has 3 atom stereocenters. The number of ether oxygens (including phenoxy) is 2. The van der Waals surface area contributed by atoms with Crippen LogP contribution in [-0.2, 0) is 49.2 Å². The van der Waals surface area contributed by atoms with Crippen LogP contribution in [0.3, 0.4) is 0 Å². The van der Waals surface area contributed by atoms with Crippen LogP contribution in [0.2, 0.25) is 0 Å². The van der Waals surface area contributed by atoms with Crippen molar-refractivity contribution in [2.24, 2.45) is 7.05 Å². The van der Waals surface area contributed by atoms with Crippen molar-refractivity contribution < 1.29 is 19.1 Å². The van der Waals surface area contributed by atoms with Crippen LogP contribution in [0, 0.1) is 0 Å². The molecule has 4 aromatic heterocycles. The fourth-order valence-corrected chi connectivity index (χ4v) is 6.53. The van der Waals surface area contributed by atoms with Crippen LogP contribution in [0.25, 0.3) is 21.8 Å². The van der Waals surface area contributed by atoms with Gasteiger partial charge in [-0.1, -0.05) is 42.3 Å². The molecule has 6 heterocycles. The number of aryl methyl sites for hydroxylation is 1. The van der Waals surface area contributed by atoms with E-state index in [0.717, 1.165) is 37.4 Å². The lowest BCUT2D eigenvalue weighted by Gasteiger charge is -2.03. The first kappa shape index (κ1) is 30.9. The van der Waals surface area contributed by atoms with E-state index >= 15 is 0 Å². The van der Waals surface area contributed by atoms with Gasteiger partial charge in [0.05, 0.1) is 62.8 Å². The topological polar surface area (TPSA) is 167 Å². The van der Waals surface area contributed by atoms with E-state index in [2.05, 4.69) is 72.8 Å². The lowest BCUT2D eigenvalue weighted by Crippen LogP contribution is -2.23. The van der Waals surface area contributed by atoms with Gasteiger partial charge >= 0.3 is 0 Å². The molecule has 0 spiro atoms. The van der Waals surface area contributed by atoms with Crippen molar-refractivity contribution in [3.8, 4) is 0 Å². The number of halogens is 2. The van der Waals surface area contributed by atoms with E-state index in [9.17, 15) is 9.59 Å². The van der Waals surface area contributed by atoms with Crippen molar-refractivity contribution in [1.82, 2.24) is 55.0 Å². The first-order valence-corrected chi connectivity index (χ1v) is 16.9. The molecule has 2 aromatic carbocycles. The maximum atomic E-state index is 13.3. The van der Waals surface area contributed by atoms with Gasteiger partial charge in [-0.05, 0) is 36.4 Å². The minimum atomic E-state index is -0.287. The lowest BCUT2D eigenvalue weighted by molar-refractivity contribution is 0.0940. The average molecular weight is 779 g/mol. The van der Waals surface area contributed by atoms with Crippen LogP contribution in [0.4, 0.5) is 0 Å². The summed E-state index contributed by atoms with van der Waals surface area (Å²) in [7, 11) is 1.81. The molecular weight excluding hydrogens is 750 g/mol. The Kier molecular flexibility index (Phi) is 8.06. The number of nitrogens with one attached hydrogen (secondary N) is 2. The molecular formula is C31H29Br2N11O4. The van der Waals surface area contributed by atoms with E-state index in [-0.39, 0.29) is 43.2 Å². The van der Waals surface area contributed by atoms with Gasteiger partial charge in [-0.2, -0.15) is 5.10 Å². The lowest BCUT2D eigenvalue weighted by atomic mass is 10.1. The summed E-state index contributed by atoms with van der Waals surface area (Å²) in [4.78, 5) is 26.3. The zero-order valence-electron chi connectivity index (χ0n) is 25.6. The van der Waals surface area contributed by atoms with Crippen LogP contribution in [0.1, 0.15) is 32.2 Å². The number of fused-ring (bicyclic) bond motifs is 2. The number of amides is 2. The standard InChI is InChI=1S/C31H29Br2N11O4/c1-41-25-4-2-18(33)7-23(25)29(38-41)31(46)35-9-20-11-44(40-37-20)15-28-27(48-28)14-42-13-24(22-6-17(32)3-5-26(22)42)30(45)34-8-19-10-43(39-36-19)12-21-16-47-21/h2-7,10-11,13,21,27-28H,8-9,12,14-16H2,1H3,(H,34,45)(H,35,46)/t21-,27?,28+/m1/s1. The van der Waals surface area contributed by atoms with Gasteiger partial charge in [0.1, 0.15) is 29.7 Å². The molecule has 15 nitrogen and oxygen atoms in total. The molecule has 48 heavy (non-hydrogen) atoms. The third kappa shape index (κ3) is 6.50. The van der Waals surface area contributed by atoms with Gasteiger partial charge in [0.2, 0.25) is 0 Å². The monoisotopic (exact) mass is 777 g/mol. The Labute approximate surface area is 289 Å². The van der Waals surface area contributed by atoms with Crippen LogP contribution in [-0.4, -0.2) is 81.1 Å². The molecule has 0 aliphatic carbocycles. The fraction of sp³-hybridized carbons (Fsp3) is 0.323. The van der Waals surface area contributed by atoms with Crippen LogP contribution < -0.4 is 10.6 Å². The van der Waals surface area contributed by atoms with Gasteiger partial charge in [-0.3, -0.25) is 14.3 Å². The van der Waals surface area contributed by atoms with E-state index in [4.69, 9.17) is 9.47 Å². The molecule has 2 aliphatic rings. The molecule has 2 aliphatic heterocycles. The number of carbonyl (C=O) groups is 2. The summed E-state index contributed by atoms with van der Waals surface area (Å²) in [5.74, 6) is -0.485. The Morgan fingerprint density at radius 3 is 2.17 bits per heavy atom. The third-order valence-corrected chi connectivity index (χ3v) is 9.36. The summed E-state index contributed by atoms with van der Waals surface area (Å²) in [6.45, 7) is 2.96. The number of benzene rings is 2. The largest absolute Gasteiger partial charge is 0.371 e. The Morgan fingerprint density at radius 1 is 0.833 bits per heavy atom. The second-order valence-electron chi connectivity index (χ2n) is 11.9. The number of hydrogen-bond acceptors (Lipinski definition) is 9. The summed E-state index contributed by atoms with van der Waals surface area (Å²) in [6, 6.07) is 11.6. The number of rotatable bonds is 12. The molecule has 8 rings (SSSR count). The predicted octanol–water partition coefficient (Wildman–Crippen LogP) is 2.96. The molecule has 2 fully saturated rings. The van der Waals surface area contributed by atoms with Crippen molar-refractivity contribution in [3.63, 3.8) is 0 Å². The number of epoxide rings is 2. The third-order valence-electron chi connectivity index (χ3n) is 8.37. The van der Waals surface area contributed by atoms with E-state index in [1.807, 2.05) is 55.8 Å². The molecule has 1 unspecified atom stereocenters. The van der Waals surface area contributed by atoms with Gasteiger partial charge in [0.25, 0.3) is 11.8 Å². The van der Waals surface area contributed by atoms with Gasteiger partial charge < -0.3 is 24.7 Å². The Bertz CT molecular complexity index is 2180. The summed E-state index contributed by atoms with van der Waals surface area (Å²) in [5.41, 5.74) is 4.02. The van der Waals surface area contributed by atoms with Gasteiger partial charge in [-0.15, -0.1) is 10.2 Å². The number of nitrogens with zero attached hydrogens (tertiary/aromatic N) is 9. The van der Waals surface area contributed by atoms with Crippen LogP contribution in [0.5, 0.6) is 0 Å². The minimum Gasteiger partial charge on any atom is -0.371 e. The van der Waals surface area contributed by atoms with Crippen molar-refractivity contribution >= 4 is 65.5 Å². The van der Waals surface area contributed by atoms with E-state index in [1.165, 1.54) is 0 Å². The number of carbonyl (C=O) groups excluding carboxylic acids is 2. The highest BCUT2D eigenvalue weighted by atomic mass is 79.9. The normalized spacial score (nSPS) is 18.4. The minimum absolute atomic E-state index is 0.0604. The molecule has 2 saturated heterocycles. The number of hydrogen-bond donors (Lipinski definition) is 2. The molecule has 2 N–H and O–H groups in total. The molecule has 17 heteroatoms. The van der Waals surface area contributed by atoms with Crippen molar-refractivity contribution in [2.45, 2.75) is 51.0 Å². The smallest absolute Gasteiger partial charge is 0.272 e. The summed E-state index contributed by atoms with van der Waals surface area (Å²) < 4.78 is 20.2. The maximum Gasteiger partial charge on any atom is 0.272 e. The quantitative estimate of drug-likeness (QED) is 0.178. The summed E-state index contributed by atoms with van der Waals surface area (Å²) in [6.07, 6.45) is 5.56. The zero-order chi connectivity index (χ0) is 32.9. The second kappa shape index (κ2) is 12.5. The summed E-state index contributed by atoms with van der Waals surface area (Å²) in [5, 5.41) is 28.6. The summed E-state index contributed by atoms with van der Waals surface area (Å²) >= 11 is 7.01. The highest BCUT2D eigenvalue weighted by Gasteiger charge is 2.40. The Morgan fingerprint density at radius 2 is 1.46 bits per heavy atom. The van der Waals surface area contributed by atoms with Crippen molar-refractivity contribution in [2.75, 3.05) is 6.61 Å². The fourth-order valence-electron chi connectivity index (χ4n) is 5.81. The van der Waals surface area contributed by atoms with Crippen molar-refractivity contribution in [1.29, 1.82) is 0 Å². The molecule has 2 amide bonds. The Balaban J connectivity index is 0.874. The van der Waals surface area contributed by atoms with Gasteiger partial charge in [-0.25, -0.2) is 9.36 Å². The predicted molar refractivity (Wildman–Crippen MR) is 179 cm³/mol. The zero-order valence-corrected chi connectivity index (χ0v) is 28.8. The van der Waals surface area contributed by atoms with Gasteiger partial charge in [0, 0.05) is 38.5 Å². The Hall–Kier alpha value is -4.45. The van der Waals surface area contributed by atoms with Crippen molar-refractivity contribution in [3.05, 3.63) is 86.6 Å². The highest BCUT2D eigenvalue weighted by molar-refractivity contribution is 9.10. The number of aromatic nitrogens is 9. The molecule has 246 valence electrons. The SMILES string of the molecule is Cn1nc(C(=O)NCc2cn(C[C@@H]3OC3Cn3cc(C(=O)NCc4cn(C[C@@H]5CO5)nn4)c4cc(Br)ccc43)nn2)c2cc(Br)ccc21. The average Bonchev–Trinajstić information content (AvgIpc) is 3.79. The maximum absolute atomic E-state index is 13.3. The highest BCUT2D eigenvalue weighted by Crippen LogP contribution is 2.31. The van der Waals surface area contributed by atoms with Crippen LogP contribution in [0.15, 0.2) is 63.9 Å². The molecule has 0 radical (unpaired) electrons. The van der Waals surface area contributed by atoms with E-state index in [1.54, 1.807) is 20.2 Å². The molecule has 6 aromatic rings. The first-order valence-electron chi connectivity index (χ1n) is 15.3.